The van der Waals surface area contributed by atoms with Crippen molar-refractivity contribution in [3.05, 3.63) is 70.3 Å². The summed E-state index contributed by atoms with van der Waals surface area (Å²) in [5.74, 6) is -0.747. The number of carbonyl (C=O) groups excluding carboxylic acids is 1. The number of Topliss-reactive ketones (excluding diaryl/α,β-unsaturated/α-hetero) is 1. The number of ketones is 1. The minimum atomic E-state index is -0.937. The molecule has 1 aliphatic carbocycles. The number of fused-ring (bicyclic) bond motifs is 1. The summed E-state index contributed by atoms with van der Waals surface area (Å²) in [6, 6.07) is 13.4. The van der Waals surface area contributed by atoms with Gasteiger partial charge in [-0.2, -0.15) is 0 Å². The Morgan fingerprint density at radius 1 is 1.14 bits per heavy atom. The maximum absolute atomic E-state index is 13.6. The maximum atomic E-state index is 13.6. The van der Waals surface area contributed by atoms with E-state index in [2.05, 4.69) is 36.1 Å². The molecule has 28 heavy (non-hydrogen) atoms. The third-order valence-electron chi connectivity index (χ3n) is 6.61. The lowest BCUT2D eigenvalue weighted by Gasteiger charge is -2.48. The Labute approximate surface area is 166 Å². The highest BCUT2D eigenvalue weighted by Gasteiger charge is 2.47. The van der Waals surface area contributed by atoms with Gasteiger partial charge in [-0.05, 0) is 80.8 Å². The lowest BCUT2D eigenvalue weighted by atomic mass is 9.71. The molecule has 4 heteroatoms. The van der Waals surface area contributed by atoms with E-state index in [1.165, 1.54) is 11.1 Å². The van der Waals surface area contributed by atoms with Gasteiger partial charge in [-0.1, -0.05) is 30.3 Å². The highest BCUT2D eigenvalue weighted by molar-refractivity contribution is 6.06. The molecule has 1 heterocycles. The van der Waals surface area contributed by atoms with Gasteiger partial charge in [-0.3, -0.25) is 9.69 Å². The molecule has 1 aliphatic heterocycles. The number of nitrogens with zero attached hydrogens (tertiary/aromatic N) is 1. The van der Waals surface area contributed by atoms with Gasteiger partial charge in [0.2, 0.25) is 0 Å². The standard InChI is InChI=1S/C24H27NO3/c1-17-6-2-3-7-18(17)11-15-25-14-5-4-12-24(25)13-10-19-16-20(23(27)28)8-9-21(19)22(24)26/h2-3,6-9,16H,4-5,10-15H2,1H3,(H,27,28). The second-order valence-corrected chi connectivity index (χ2v) is 8.16. The zero-order valence-electron chi connectivity index (χ0n) is 16.4. The summed E-state index contributed by atoms with van der Waals surface area (Å²) in [6.07, 6.45) is 5.62. The second-order valence-electron chi connectivity index (χ2n) is 8.16. The van der Waals surface area contributed by atoms with Crippen molar-refractivity contribution in [1.29, 1.82) is 0 Å². The molecule has 1 unspecified atom stereocenters. The number of aryl methyl sites for hydroxylation is 2. The molecule has 0 amide bonds. The molecule has 2 aromatic rings. The zero-order chi connectivity index (χ0) is 19.7. The van der Waals surface area contributed by atoms with Crippen LogP contribution in [0.1, 0.15) is 63.1 Å². The summed E-state index contributed by atoms with van der Waals surface area (Å²) in [5.41, 5.74) is 4.10. The zero-order valence-corrected chi connectivity index (χ0v) is 16.4. The van der Waals surface area contributed by atoms with Crippen molar-refractivity contribution in [2.45, 2.75) is 51.0 Å². The van der Waals surface area contributed by atoms with Crippen molar-refractivity contribution < 1.29 is 14.7 Å². The van der Waals surface area contributed by atoms with Gasteiger partial charge < -0.3 is 5.11 Å². The van der Waals surface area contributed by atoms with E-state index in [1.54, 1.807) is 18.2 Å². The predicted molar refractivity (Wildman–Crippen MR) is 109 cm³/mol. The lowest BCUT2D eigenvalue weighted by molar-refractivity contribution is 0.0297. The first kappa shape index (κ1) is 18.9. The van der Waals surface area contributed by atoms with Gasteiger partial charge in [0.05, 0.1) is 11.1 Å². The molecule has 0 aromatic heterocycles. The Bertz CT molecular complexity index is 920. The van der Waals surface area contributed by atoms with Crippen LogP contribution in [-0.4, -0.2) is 40.4 Å². The number of likely N-dealkylation sites (tertiary alicyclic amines) is 1. The normalized spacial score (nSPS) is 22.2. The largest absolute Gasteiger partial charge is 0.478 e. The Morgan fingerprint density at radius 3 is 2.75 bits per heavy atom. The number of hydrogen-bond donors (Lipinski definition) is 1. The number of rotatable bonds is 4. The van der Waals surface area contributed by atoms with Crippen LogP contribution in [0, 0.1) is 6.92 Å². The summed E-state index contributed by atoms with van der Waals surface area (Å²) in [7, 11) is 0. The number of carbonyl (C=O) groups is 2. The van der Waals surface area contributed by atoms with E-state index in [0.29, 0.717) is 0 Å². The SMILES string of the molecule is Cc1ccccc1CCN1CCCCC12CCc1cc(C(=O)O)ccc1C2=O. The van der Waals surface area contributed by atoms with Crippen LogP contribution >= 0.6 is 0 Å². The number of carboxylic acid groups (broad SMARTS) is 1. The summed E-state index contributed by atoms with van der Waals surface area (Å²) in [6.45, 7) is 3.99. The van der Waals surface area contributed by atoms with Crippen LogP contribution in [0.25, 0.3) is 0 Å². The Kier molecular flexibility index (Phi) is 5.07. The fourth-order valence-electron chi connectivity index (χ4n) is 4.97. The van der Waals surface area contributed by atoms with Crippen molar-refractivity contribution in [3.8, 4) is 0 Å². The van der Waals surface area contributed by atoms with Crippen molar-refractivity contribution in [3.63, 3.8) is 0 Å². The van der Waals surface area contributed by atoms with E-state index >= 15 is 0 Å². The van der Waals surface area contributed by atoms with Gasteiger partial charge in [0.25, 0.3) is 0 Å². The third kappa shape index (κ3) is 3.26. The van der Waals surface area contributed by atoms with Crippen LogP contribution in [0.2, 0.25) is 0 Å². The average molecular weight is 377 g/mol. The van der Waals surface area contributed by atoms with Crippen molar-refractivity contribution in [2.75, 3.05) is 13.1 Å². The molecule has 1 fully saturated rings. The van der Waals surface area contributed by atoms with Gasteiger partial charge >= 0.3 is 5.97 Å². The van der Waals surface area contributed by atoms with Crippen LogP contribution in [-0.2, 0) is 12.8 Å². The molecule has 1 saturated heterocycles. The summed E-state index contributed by atoms with van der Waals surface area (Å²) >= 11 is 0. The Morgan fingerprint density at radius 2 is 1.96 bits per heavy atom. The number of benzene rings is 2. The van der Waals surface area contributed by atoms with Crippen LogP contribution in [0.15, 0.2) is 42.5 Å². The summed E-state index contributed by atoms with van der Waals surface area (Å²) in [4.78, 5) is 27.3. The number of aromatic carboxylic acids is 1. The van der Waals surface area contributed by atoms with Crippen LogP contribution in [0.3, 0.4) is 0 Å². The van der Waals surface area contributed by atoms with Crippen LogP contribution in [0.4, 0.5) is 0 Å². The fraction of sp³-hybridized carbons (Fsp3) is 0.417. The van der Waals surface area contributed by atoms with Crippen LogP contribution < -0.4 is 0 Å². The molecule has 0 radical (unpaired) electrons. The van der Waals surface area contributed by atoms with Crippen molar-refractivity contribution in [2.24, 2.45) is 0 Å². The van der Waals surface area contributed by atoms with E-state index in [0.717, 1.165) is 62.7 Å². The minimum absolute atomic E-state index is 0.190. The molecule has 1 atom stereocenters. The smallest absolute Gasteiger partial charge is 0.335 e. The highest BCUT2D eigenvalue weighted by atomic mass is 16.4. The molecular formula is C24H27NO3. The van der Waals surface area contributed by atoms with Crippen molar-refractivity contribution >= 4 is 11.8 Å². The molecule has 0 saturated carbocycles. The maximum Gasteiger partial charge on any atom is 0.335 e. The quantitative estimate of drug-likeness (QED) is 0.864. The predicted octanol–water partition coefficient (Wildman–Crippen LogP) is 4.29. The first-order valence-corrected chi connectivity index (χ1v) is 10.2. The first-order valence-electron chi connectivity index (χ1n) is 10.2. The molecule has 2 aliphatic rings. The average Bonchev–Trinajstić information content (AvgIpc) is 2.71. The van der Waals surface area contributed by atoms with Crippen molar-refractivity contribution in [1.82, 2.24) is 4.90 Å². The van der Waals surface area contributed by atoms with E-state index in [9.17, 15) is 14.7 Å². The molecule has 2 aromatic carbocycles. The van der Waals surface area contributed by atoms with E-state index < -0.39 is 11.5 Å². The lowest BCUT2D eigenvalue weighted by Crippen LogP contribution is -2.59. The Balaban J connectivity index is 1.60. The summed E-state index contributed by atoms with van der Waals surface area (Å²) in [5, 5.41) is 9.24. The van der Waals surface area contributed by atoms with Gasteiger partial charge in [0.1, 0.15) is 0 Å². The molecule has 4 rings (SSSR count). The monoisotopic (exact) mass is 377 g/mol. The van der Waals surface area contributed by atoms with Gasteiger partial charge in [0, 0.05) is 12.1 Å². The molecular weight excluding hydrogens is 350 g/mol. The minimum Gasteiger partial charge on any atom is -0.478 e. The van der Waals surface area contributed by atoms with Gasteiger partial charge in [0.15, 0.2) is 5.78 Å². The fourth-order valence-corrected chi connectivity index (χ4v) is 4.97. The summed E-state index contributed by atoms with van der Waals surface area (Å²) < 4.78 is 0. The van der Waals surface area contributed by atoms with E-state index in [-0.39, 0.29) is 11.3 Å². The topological polar surface area (TPSA) is 57.6 Å². The number of piperidine rings is 1. The second kappa shape index (κ2) is 7.51. The van der Waals surface area contributed by atoms with E-state index in [1.807, 2.05) is 0 Å². The first-order chi connectivity index (χ1) is 13.5. The highest BCUT2D eigenvalue weighted by Crippen LogP contribution is 2.40. The van der Waals surface area contributed by atoms with Gasteiger partial charge in [-0.15, -0.1) is 0 Å². The number of hydrogen-bond acceptors (Lipinski definition) is 3. The molecule has 146 valence electrons. The Hall–Kier alpha value is -2.46. The molecule has 4 nitrogen and oxygen atoms in total. The number of carboxylic acids is 1. The molecule has 1 N–H and O–H groups in total. The third-order valence-corrected chi connectivity index (χ3v) is 6.61. The van der Waals surface area contributed by atoms with E-state index in [4.69, 9.17) is 0 Å². The molecule has 0 bridgehead atoms. The van der Waals surface area contributed by atoms with Crippen LogP contribution in [0.5, 0.6) is 0 Å². The molecule has 1 spiro atoms. The van der Waals surface area contributed by atoms with Gasteiger partial charge in [-0.25, -0.2) is 4.79 Å².